The maximum Gasteiger partial charge on any atom is 0.255 e. The van der Waals surface area contributed by atoms with Crippen LogP contribution >= 0.6 is 0 Å². The normalized spacial score (nSPS) is 22.3. The van der Waals surface area contributed by atoms with Crippen molar-refractivity contribution in [1.82, 2.24) is 10.3 Å². The van der Waals surface area contributed by atoms with Gasteiger partial charge in [0.2, 0.25) is 0 Å². The van der Waals surface area contributed by atoms with Crippen LogP contribution in [-0.4, -0.2) is 23.5 Å². The maximum absolute atomic E-state index is 12.5. The molecule has 1 aromatic heterocycles. The van der Waals surface area contributed by atoms with Gasteiger partial charge >= 0.3 is 0 Å². The standard InChI is InChI=1S/C16H25N3O/c1-3-12-8-5-6-10-14(12)19-16(20)13-9-7-11-18-15(13)17-4-2/h7,9,11-12,14H,3-6,8,10H2,1-2H3,(H,17,18)(H,19,20). The molecule has 0 saturated heterocycles. The van der Waals surface area contributed by atoms with E-state index in [0.29, 0.717) is 23.3 Å². The van der Waals surface area contributed by atoms with E-state index in [4.69, 9.17) is 0 Å². The van der Waals surface area contributed by atoms with Gasteiger partial charge in [0.05, 0.1) is 5.56 Å². The first-order chi connectivity index (χ1) is 9.76. The number of aromatic nitrogens is 1. The number of amides is 1. The lowest BCUT2D eigenvalue weighted by atomic mass is 9.83. The molecule has 2 rings (SSSR count). The smallest absolute Gasteiger partial charge is 0.255 e. The summed E-state index contributed by atoms with van der Waals surface area (Å²) < 4.78 is 0. The Kier molecular flexibility index (Phi) is 5.39. The number of anilines is 1. The topological polar surface area (TPSA) is 54.0 Å². The molecule has 110 valence electrons. The highest BCUT2D eigenvalue weighted by Gasteiger charge is 2.26. The van der Waals surface area contributed by atoms with E-state index in [9.17, 15) is 4.79 Å². The van der Waals surface area contributed by atoms with Crippen LogP contribution in [0.3, 0.4) is 0 Å². The Labute approximate surface area is 121 Å². The highest BCUT2D eigenvalue weighted by atomic mass is 16.1. The molecular formula is C16H25N3O. The van der Waals surface area contributed by atoms with Crippen molar-refractivity contribution >= 4 is 11.7 Å². The van der Waals surface area contributed by atoms with Crippen LogP contribution in [0, 0.1) is 5.92 Å². The second-order valence-corrected chi connectivity index (χ2v) is 5.46. The Morgan fingerprint density at radius 2 is 2.15 bits per heavy atom. The summed E-state index contributed by atoms with van der Waals surface area (Å²) in [6.07, 6.45) is 7.69. The van der Waals surface area contributed by atoms with Gasteiger partial charge in [0, 0.05) is 18.8 Å². The molecule has 2 unspecified atom stereocenters. The van der Waals surface area contributed by atoms with Crippen LogP contribution < -0.4 is 10.6 Å². The minimum atomic E-state index is -0.000556. The minimum absolute atomic E-state index is 0.000556. The first kappa shape index (κ1) is 14.8. The van der Waals surface area contributed by atoms with Gasteiger partial charge < -0.3 is 10.6 Å². The van der Waals surface area contributed by atoms with Crippen LogP contribution in [0.2, 0.25) is 0 Å². The quantitative estimate of drug-likeness (QED) is 0.867. The zero-order chi connectivity index (χ0) is 14.4. The predicted molar refractivity (Wildman–Crippen MR) is 81.9 cm³/mol. The fraction of sp³-hybridized carbons (Fsp3) is 0.625. The number of nitrogens with one attached hydrogen (secondary N) is 2. The van der Waals surface area contributed by atoms with E-state index in [1.54, 1.807) is 6.20 Å². The van der Waals surface area contributed by atoms with Crippen molar-refractivity contribution in [2.45, 2.75) is 52.0 Å². The first-order valence-corrected chi connectivity index (χ1v) is 7.76. The van der Waals surface area contributed by atoms with Crippen LogP contribution in [0.5, 0.6) is 0 Å². The summed E-state index contributed by atoms with van der Waals surface area (Å²) in [5.41, 5.74) is 0.648. The lowest BCUT2D eigenvalue weighted by molar-refractivity contribution is 0.0905. The molecule has 1 aliphatic carbocycles. The molecule has 1 saturated carbocycles. The number of hydrogen-bond acceptors (Lipinski definition) is 3. The number of nitrogens with zero attached hydrogens (tertiary/aromatic N) is 1. The zero-order valence-corrected chi connectivity index (χ0v) is 12.5. The van der Waals surface area contributed by atoms with Crippen molar-refractivity contribution in [2.75, 3.05) is 11.9 Å². The zero-order valence-electron chi connectivity index (χ0n) is 12.5. The van der Waals surface area contributed by atoms with Gasteiger partial charge in [-0.1, -0.05) is 26.2 Å². The minimum Gasteiger partial charge on any atom is -0.370 e. The number of rotatable bonds is 5. The third kappa shape index (κ3) is 3.50. The second kappa shape index (κ2) is 7.27. The van der Waals surface area contributed by atoms with Crippen molar-refractivity contribution < 1.29 is 4.79 Å². The molecule has 20 heavy (non-hydrogen) atoms. The summed E-state index contributed by atoms with van der Waals surface area (Å²) in [7, 11) is 0. The molecule has 0 aliphatic heterocycles. The van der Waals surface area contributed by atoms with Crippen LogP contribution in [0.25, 0.3) is 0 Å². The van der Waals surface area contributed by atoms with Crippen molar-refractivity contribution in [1.29, 1.82) is 0 Å². The fourth-order valence-electron chi connectivity index (χ4n) is 3.03. The Hall–Kier alpha value is -1.58. The molecular weight excluding hydrogens is 250 g/mol. The van der Waals surface area contributed by atoms with Gasteiger partial charge in [0.25, 0.3) is 5.91 Å². The van der Waals surface area contributed by atoms with E-state index in [0.717, 1.165) is 19.4 Å². The number of carbonyl (C=O) groups excluding carboxylic acids is 1. The Bertz CT molecular complexity index is 447. The molecule has 1 aromatic rings. The van der Waals surface area contributed by atoms with Crippen LogP contribution in [0.4, 0.5) is 5.82 Å². The molecule has 4 nitrogen and oxygen atoms in total. The number of hydrogen-bond donors (Lipinski definition) is 2. The van der Waals surface area contributed by atoms with Crippen molar-refractivity contribution in [3.05, 3.63) is 23.9 Å². The fourth-order valence-corrected chi connectivity index (χ4v) is 3.03. The van der Waals surface area contributed by atoms with Gasteiger partial charge in [-0.2, -0.15) is 0 Å². The lowest BCUT2D eigenvalue weighted by Crippen LogP contribution is -2.42. The van der Waals surface area contributed by atoms with E-state index < -0.39 is 0 Å². The molecule has 0 bridgehead atoms. The van der Waals surface area contributed by atoms with Crippen LogP contribution in [0.1, 0.15) is 56.3 Å². The van der Waals surface area contributed by atoms with Crippen molar-refractivity contribution in [3.63, 3.8) is 0 Å². The molecule has 4 heteroatoms. The second-order valence-electron chi connectivity index (χ2n) is 5.46. The van der Waals surface area contributed by atoms with E-state index in [2.05, 4.69) is 22.5 Å². The van der Waals surface area contributed by atoms with E-state index in [1.807, 2.05) is 19.1 Å². The highest BCUT2D eigenvalue weighted by molar-refractivity contribution is 5.98. The molecule has 1 aliphatic rings. The molecule has 1 heterocycles. The summed E-state index contributed by atoms with van der Waals surface area (Å²) >= 11 is 0. The highest BCUT2D eigenvalue weighted by Crippen LogP contribution is 2.27. The van der Waals surface area contributed by atoms with Crippen LogP contribution in [0.15, 0.2) is 18.3 Å². The number of carbonyl (C=O) groups is 1. The third-order valence-electron chi connectivity index (χ3n) is 4.15. The summed E-state index contributed by atoms with van der Waals surface area (Å²) in [4.78, 5) is 16.7. The molecule has 0 spiro atoms. The lowest BCUT2D eigenvalue weighted by Gasteiger charge is -2.31. The van der Waals surface area contributed by atoms with E-state index >= 15 is 0 Å². The van der Waals surface area contributed by atoms with Crippen molar-refractivity contribution in [2.24, 2.45) is 5.92 Å². The van der Waals surface area contributed by atoms with Gasteiger partial charge in [-0.15, -0.1) is 0 Å². The van der Waals surface area contributed by atoms with Gasteiger partial charge in [-0.05, 0) is 37.8 Å². The molecule has 1 fully saturated rings. The number of pyridine rings is 1. The van der Waals surface area contributed by atoms with Crippen LogP contribution in [-0.2, 0) is 0 Å². The Morgan fingerprint density at radius 1 is 1.35 bits per heavy atom. The third-order valence-corrected chi connectivity index (χ3v) is 4.15. The molecule has 0 aromatic carbocycles. The monoisotopic (exact) mass is 275 g/mol. The molecule has 0 radical (unpaired) electrons. The SMILES string of the molecule is CCNc1ncccc1C(=O)NC1CCCCC1CC. The summed E-state index contributed by atoms with van der Waals surface area (Å²) in [6.45, 7) is 4.98. The van der Waals surface area contributed by atoms with Gasteiger partial charge in [-0.25, -0.2) is 4.98 Å². The first-order valence-electron chi connectivity index (χ1n) is 7.76. The summed E-state index contributed by atoms with van der Waals surface area (Å²) in [6, 6.07) is 3.97. The van der Waals surface area contributed by atoms with E-state index in [1.165, 1.54) is 19.3 Å². The average molecular weight is 275 g/mol. The Balaban J connectivity index is 2.07. The molecule has 2 atom stereocenters. The van der Waals surface area contributed by atoms with E-state index in [-0.39, 0.29) is 5.91 Å². The predicted octanol–water partition coefficient (Wildman–Crippen LogP) is 3.21. The Morgan fingerprint density at radius 3 is 2.90 bits per heavy atom. The maximum atomic E-state index is 12.5. The van der Waals surface area contributed by atoms with Gasteiger partial charge in [-0.3, -0.25) is 4.79 Å². The largest absolute Gasteiger partial charge is 0.370 e. The molecule has 2 N–H and O–H groups in total. The summed E-state index contributed by atoms with van der Waals surface area (Å²) in [5.74, 6) is 1.29. The van der Waals surface area contributed by atoms with Gasteiger partial charge in [0.15, 0.2) is 0 Å². The van der Waals surface area contributed by atoms with Gasteiger partial charge in [0.1, 0.15) is 5.82 Å². The molecule has 1 amide bonds. The van der Waals surface area contributed by atoms with Crippen molar-refractivity contribution in [3.8, 4) is 0 Å². The average Bonchev–Trinajstić information content (AvgIpc) is 2.48. The summed E-state index contributed by atoms with van der Waals surface area (Å²) in [5, 5.41) is 6.36.